The number of carbonyl (C=O) groups excluding carboxylic acids is 2. The Morgan fingerprint density at radius 3 is 1.75 bits per heavy atom. The van der Waals surface area contributed by atoms with Gasteiger partial charge in [-0.1, -0.05) is 77.4 Å². The summed E-state index contributed by atoms with van der Waals surface area (Å²) in [5.41, 5.74) is 0. The van der Waals surface area contributed by atoms with Crippen molar-refractivity contribution in [2.75, 3.05) is 13.2 Å². The van der Waals surface area contributed by atoms with Crippen molar-refractivity contribution in [1.82, 2.24) is 0 Å². The quantitative estimate of drug-likeness (QED) is 0.0383. The molecular formula is C30H55O13P. The summed E-state index contributed by atoms with van der Waals surface area (Å²) < 4.78 is 32.4. The molecule has 0 saturated heterocycles. The minimum Gasteiger partial charge on any atom is -0.462 e. The van der Waals surface area contributed by atoms with E-state index >= 15 is 0 Å². The van der Waals surface area contributed by atoms with Crippen LogP contribution in [0, 0.1) is 0 Å². The van der Waals surface area contributed by atoms with Crippen molar-refractivity contribution in [2.24, 2.45) is 0 Å². The van der Waals surface area contributed by atoms with Crippen molar-refractivity contribution < 1.29 is 63.1 Å². The molecule has 1 saturated carbocycles. The molecule has 258 valence electrons. The molecular weight excluding hydrogens is 599 g/mol. The second-order valence-corrected chi connectivity index (χ2v) is 12.7. The fraction of sp³-hybridized carbons (Fsp3) is 0.867. The number of aliphatic hydroxyl groups is 5. The zero-order chi connectivity index (χ0) is 33.0. The van der Waals surface area contributed by atoms with Crippen molar-refractivity contribution in [3.63, 3.8) is 0 Å². The van der Waals surface area contributed by atoms with Crippen molar-refractivity contribution in [1.29, 1.82) is 0 Å². The highest BCUT2D eigenvalue weighted by atomic mass is 31.2. The van der Waals surface area contributed by atoms with Crippen LogP contribution in [0.25, 0.3) is 0 Å². The third kappa shape index (κ3) is 16.8. The third-order valence-corrected chi connectivity index (χ3v) is 8.40. The molecule has 0 heterocycles. The van der Waals surface area contributed by atoms with Crippen LogP contribution in [0.5, 0.6) is 0 Å². The Hall–Kier alpha value is -1.41. The number of ether oxygens (including phenoxy) is 2. The summed E-state index contributed by atoms with van der Waals surface area (Å²) in [6, 6.07) is 0. The number of esters is 2. The number of hydrogen-bond donors (Lipinski definition) is 6. The molecule has 14 heteroatoms. The average molecular weight is 655 g/mol. The molecule has 0 aliphatic heterocycles. The highest BCUT2D eigenvalue weighted by molar-refractivity contribution is 7.47. The molecule has 0 aromatic rings. The maximum atomic E-state index is 12.5. The van der Waals surface area contributed by atoms with E-state index in [1.165, 1.54) is 38.5 Å². The van der Waals surface area contributed by atoms with Crippen LogP contribution in [0.4, 0.5) is 0 Å². The second kappa shape index (κ2) is 23.0. The van der Waals surface area contributed by atoms with Crippen molar-refractivity contribution in [3.05, 3.63) is 12.2 Å². The standard InChI is InChI=1S/C30H55O13P/c1-3-5-6-7-8-9-10-11-12-13-14-15-16-17-18-19-24(32)42-22(20-40-23(31)4-2)21-41-44(38,39)43-30-28(36)26(34)25(33)27(35)29(30)37/h11-12,22,25-30,33-37H,3-10,13-21H2,1-2H3,(H,38,39)/b12-11-. The molecule has 0 aromatic carbocycles. The van der Waals surface area contributed by atoms with E-state index in [1.807, 2.05) is 0 Å². The van der Waals surface area contributed by atoms with Crippen LogP contribution in [0.3, 0.4) is 0 Å². The Balaban J connectivity index is 2.39. The van der Waals surface area contributed by atoms with Crippen LogP contribution in [-0.4, -0.2) is 98.3 Å². The average Bonchev–Trinajstić information content (AvgIpc) is 3.00. The Kier molecular flexibility index (Phi) is 21.2. The first-order valence-corrected chi connectivity index (χ1v) is 17.5. The smallest absolute Gasteiger partial charge is 0.462 e. The van der Waals surface area contributed by atoms with E-state index in [-0.39, 0.29) is 12.8 Å². The molecule has 1 aliphatic rings. The normalized spacial score (nSPS) is 25.9. The lowest BCUT2D eigenvalue weighted by atomic mass is 9.85. The van der Waals surface area contributed by atoms with Crippen LogP contribution in [0.2, 0.25) is 0 Å². The molecule has 1 rings (SSSR count). The van der Waals surface area contributed by atoms with Crippen LogP contribution >= 0.6 is 7.82 Å². The molecule has 1 fully saturated rings. The van der Waals surface area contributed by atoms with Gasteiger partial charge in [0, 0.05) is 12.8 Å². The summed E-state index contributed by atoms with van der Waals surface area (Å²) in [5.74, 6) is -1.21. The van der Waals surface area contributed by atoms with E-state index in [4.69, 9.17) is 18.5 Å². The van der Waals surface area contributed by atoms with Gasteiger partial charge < -0.3 is 39.9 Å². The summed E-state index contributed by atoms with van der Waals surface area (Å²) in [6.45, 7) is 2.58. The van der Waals surface area contributed by atoms with Crippen LogP contribution in [0.1, 0.15) is 110 Å². The van der Waals surface area contributed by atoms with Crippen LogP contribution in [0.15, 0.2) is 12.2 Å². The van der Waals surface area contributed by atoms with Crippen molar-refractivity contribution in [2.45, 2.75) is 153 Å². The maximum Gasteiger partial charge on any atom is 0.472 e. The van der Waals surface area contributed by atoms with E-state index in [0.29, 0.717) is 6.42 Å². The fourth-order valence-corrected chi connectivity index (χ4v) is 5.64. The van der Waals surface area contributed by atoms with Gasteiger partial charge in [0.15, 0.2) is 6.10 Å². The van der Waals surface area contributed by atoms with Gasteiger partial charge in [0.2, 0.25) is 0 Å². The predicted molar refractivity (Wildman–Crippen MR) is 161 cm³/mol. The molecule has 0 spiro atoms. The van der Waals surface area contributed by atoms with Gasteiger partial charge in [-0.25, -0.2) is 4.57 Å². The Bertz CT molecular complexity index is 854. The summed E-state index contributed by atoms with van der Waals surface area (Å²) >= 11 is 0. The molecule has 13 nitrogen and oxygen atoms in total. The molecule has 6 unspecified atom stereocenters. The number of rotatable bonds is 24. The van der Waals surface area contributed by atoms with Gasteiger partial charge in [0.05, 0.1) is 6.61 Å². The number of carbonyl (C=O) groups is 2. The number of phosphoric acid groups is 1. The van der Waals surface area contributed by atoms with Gasteiger partial charge >= 0.3 is 19.8 Å². The minimum atomic E-state index is -5.07. The number of aliphatic hydroxyl groups excluding tert-OH is 5. The Morgan fingerprint density at radius 2 is 1.20 bits per heavy atom. The lowest BCUT2D eigenvalue weighted by Gasteiger charge is -2.41. The van der Waals surface area contributed by atoms with Gasteiger partial charge in [-0.2, -0.15) is 0 Å². The predicted octanol–water partition coefficient (Wildman–Crippen LogP) is 3.21. The summed E-state index contributed by atoms with van der Waals surface area (Å²) in [4.78, 5) is 34.1. The summed E-state index contributed by atoms with van der Waals surface area (Å²) in [5, 5.41) is 49.3. The lowest BCUT2D eigenvalue weighted by Crippen LogP contribution is -2.64. The van der Waals surface area contributed by atoms with Gasteiger partial charge in [0.25, 0.3) is 0 Å². The first-order chi connectivity index (χ1) is 20.9. The second-order valence-electron chi connectivity index (χ2n) is 11.3. The number of allylic oxidation sites excluding steroid dienone is 2. The van der Waals surface area contributed by atoms with E-state index < -0.39 is 75.7 Å². The van der Waals surface area contributed by atoms with E-state index in [1.54, 1.807) is 6.92 Å². The number of hydrogen-bond acceptors (Lipinski definition) is 12. The minimum absolute atomic E-state index is 0.0476. The highest BCUT2D eigenvalue weighted by Gasteiger charge is 2.51. The molecule has 0 amide bonds. The molecule has 0 bridgehead atoms. The van der Waals surface area contributed by atoms with Gasteiger partial charge in [-0.3, -0.25) is 18.6 Å². The first-order valence-electron chi connectivity index (χ1n) is 16.0. The largest absolute Gasteiger partial charge is 0.472 e. The number of unbranched alkanes of at least 4 members (excludes halogenated alkanes) is 11. The summed E-state index contributed by atoms with van der Waals surface area (Å²) in [7, 11) is -5.07. The zero-order valence-corrected chi connectivity index (χ0v) is 27.1. The molecule has 1 aliphatic carbocycles. The van der Waals surface area contributed by atoms with Crippen molar-refractivity contribution in [3.8, 4) is 0 Å². The Morgan fingerprint density at radius 1 is 0.705 bits per heavy atom. The molecule has 44 heavy (non-hydrogen) atoms. The van der Waals surface area contributed by atoms with Crippen LogP contribution < -0.4 is 0 Å². The fourth-order valence-electron chi connectivity index (χ4n) is 4.67. The zero-order valence-electron chi connectivity index (χ0n) is 26.2. The van der Waals surface area contributed by atoms with Crippen LogP contribution in [-0.2, 0) is 32.7 Å². The van der Waals surface area contributed by atoms with Gasteiger partial charge in [-0.15, -0.1) is 0 Å². The molecule has 6 atom stereocenters. The van der Waals surface area contributed by atoms with E-state index in [9.17, 15) is 44.6 Å². The SMILES string of the molecule is CCCCCCCC/C=C\CCCCCCCC(=O)OC(COC(=O)CC)COP(=O)(O)OC1C(O)C(O)C(O)C(O)C1O. The molecule has 0 aromatic heterocycles. The first kappa shape index (κ1) is 40.6. The Labute approximate surface area is 261 Å². The van der Waals surface area contributed by atoms with Crippen molar-refractivity contribution >= 4 is 19.8 Å². The topological polar surface area (TPSA) is 210 Å². The van der Waals surface area contributed by atoms with E-state index in [2.05, 4.69) is 19.1 Å². The van der Waals surface area contributed by atoms with Gasteiger partial charge in [0.1, 0.15) is 43.2 Å². The maximum absolute atomic E-state index is 12.5. The highest BCUT2D eigenvalue weighted by Crippen LogP contribution is 2.47. The summed E-state index contributed by atoms with van der Waals surface area (Å²) in [6.07, 6.45) is 5.88. The monoisotopic (exact) mass is 654 g/mol. The number of phosphoric ester groups is 1. The third-order valence-electron chi connectivity index (χ3n) is 7.41. The lowest BCUT2D eigenvalue weighted by molar-refractivity contribution is -0.220. The molecule has 0 radical (unpaired) electrons. The molecule has 6 N–H and O–H groups in total. The van der Waals surface area contributed by atoms with E-state index in [0.717, 1.165) is 38.5 Å². The van der Waals surface area contributed by atoms with Gasteiger partial charge in [-0.05, 0) is 32.1 Å².